The molecule has 17 heavy (non-hydrogen) atoms. The van der Waals surface area contributed by atoms with Gasteiger partial charge in [-0.1, -0.05) is 0 Å². The first kappa shape index (κ1) is 12.3. The minimum atomic E-state index is 0.751. The SMILES string of the molecule is CNc1ncnc(Sc2nnc(C)n2C)c1Br. The van der Waals surface area contributed by atoms with Gasteiger partial charge in [0.15, 0.2) is 5.16 Å². The summed E-state index contributed by atoms with van der Waals surface area (Å²) in [6, 6.07) is 0. The van der Waals surface area contributed by atoms with Crippen LogP contribution in [0.1, 0.15) is 5.82 Å². The van der Waals surface area contributed by atoms with Crippen LogP contribution in [-0.2, 0) is 7.05 Å². The Kier molecular flexibility index (Phi) is 3.63. The Morgan fingerprint density at radius 2 is 2.12 bits per heavy atom. The van der Waals surface area contributed by atoms with Crippen LogP contribution in [0.3, 0.4) is 0 Å². The van der Waals surface area contributed by atoms with Gasteiger partial charge < -0.3 is 9.88 Å². The van der Waals surface area contributed by atoms with Crippen LogP contribution in [-0.4, -0.2) is 31.8 Å². The summed E-state index contributed by atoms with van der Waals surface area (Å²) in [5.41, 5.74) is 0. The predicted octanol–water partition coefficient (Wildman–Crippen LogP) is 1.87. The Labute approximate surface area is 111 Å². The van der Waals surface area contributed by atoms with Gasteiger partial charge in [-0.3, -0.25) is 0 Å². The lowest BCUT2D eigenvalue weighted by atomic mass is 10.6. The summed E-state index contributed by atoms with van der Waals surface area (Å²) < 4.78 is 2.74. The third kappa shape index (κ3) is 2.42. The molecule has 90 valence electrons. The summed E-state index contributed by atoms with van der Waals surface area (Å²) in [5, 5.41) is 12.7. The summed E-state index contributed by atoms with van der Waals surface area (Å²) in [6.45, 7) is 1.91. The Bertz CT molecular complexity index is 540. The fraction of sp³-hybridized carbons (Fsp3) is 0.333. The lowest BCUT2D eigenvalue weighted by Gasteiger charge is -2.06. The topological polar surface area (TPSA) is 68.5 Å². The molecule has 0 unspecified atom stereocenters. The standard InChI is InChI=1S/C9H11BrN6S/c1-5-14-15-9(16(5)3)17-8-6(10)7(11-2)12-4-13-8/h4H,1-3H3,(H,11,12,13). The number of anilines is 1. The van der Waals surface area contributed by atoms with E-state index < -0.39 is 0 Å². The average Bonchev–Trinajstić information content (AvgIpc) is 2.64. The van der Waals surface area contributed by atoms with Gasteiger partial charge in [0.25, 0.3) is 0 Å². The zero-order valence-corrected chi connectivity index (χ0v) is 12.0. The predicted molar refractivity (Wildman–Crippen MR) is 69.1 cm³/mol. The molecule has 0 saturated carbocycles. The number of aryl methyl sites for hydroxylation is 1. The van der Waals surface area contributed by atoms with Crippen LogP contribution in [0.2, 0.25) is 0 Å². The Hall–Kier alpha value is -1.15. The van der Waals surface area contributed by atoms with Crippen molar-refractivity contribution in [2.45, 2.75) is 17.1 Å². The van der Waals surface area contributed by atoms with Crippen molar-refractivity contribution in [2.24, 2.45) is 7.05 Å². The molecule has 2 aromatic heterocycles. The van der Waals surface area contributed by atoms with Crippen LogP contribution < -0.4 is 5.32 Å². The summed E-state index contributed by atoms with van der Waals surface area (Å²) in [7, 11) is 3.74. The molecule has 0 spiro atoms. The molecule has 0 aromatic carbocycles. The van der Waals surface area contributed by atoms with Gasteiger partial charge in [-0.25, -0.2) is 9.97 Å². The van der Waals surface area contributed by atoms with Crippen LogP contribution in [0.15, 0.2) is 21.0 Å². The third-order valence-corrected chi connectivity index (χ3v) is 4.29. The molecule has 2 heterocycles. The fourth-order valence-corrected chi connectivity index (χ4v) is 2.62. The van der Waals surface area contributed by atoms with E-state index in [-0.39, 0.29) is 0 Å². The molecule has 1 N–H and O–H groups in total. The van der Waals surface area contributed by atoms with Gasteiger partial charge in [-0.15, -0.1) is 10.2 Å². The van der Waals surface area contributed by atoms with Gasteiger partial charge in [-0.05, 0) is 34.6 Å². The number of nitrogens with zero attached hydrogens (tertiary/aromatic N) is 5. The molecule has 0 aliphatic carbocycles. The molecule has 0 atom stereocenters. The number of rotatable bonds is 3. The van der Waals surface area contributed by atoms with E-state index in [9.17, 15) is 0 Å². The van der Waals surface area contributed by atoms with E-state index in [1.165, 1.54) is 18.1 Å². The number of aromatic nitrogens is 5. The van der Waals surface area contributed by atoms with Crippen molar-refractivity contribution in [3.8, 4) is 0 Å². The Morgan fingerprint density at radius 1 is 1.35 bits per heavy atom. The molecule has 0 aliphatic heterocycles. The first-order valence-electron chi connectivity index (χ1n) is 4.85. The summed E-state index contributed by atoms with van der Waals surface area (Å²) in [5.74, 6) is 1.62. The molecule has 0 radical (unpaired) electrons. The first-order valence-corrected chi connectivity index (χ1v) is 6.46. The molecular formula is C9H11BrN6S. The maximum atomic E-state index is 4.22. The van der Waals surface area contributed by atoms with E-state index in [4.69, 9.17) is 0 Å². The van der Waals surface area contributed by atoms with Crippen molar-refractivity contribution < 1.29 is 0 Å². The third-order valence-electron chi connectivity index (χ3n) is 2.23. The minimum absolute atomic E-state index is 0.751. The van der Waals surface area contributed by atoms with Crippen molar-refractivity contribution >= 4 is 33.5 Å². The lowest BCUT2D eigenvalue weighted by Crippen LogP contribution is -1.98. The normalized spacial score (nSPS) is 10.6. The van der Waals surface area contributed by atoms with E-state index in [1.807, 2.05) is 25.6 Å². The first-order chi connectivity index (χ1) is 8.13. The molecule has 2 rings (SSSR count). The molecule has 0 bridgehead atoms. The maximum Gasteiger partial charge on any atom is 0.197 e. The Balaban J connectivity index is 2.33. The summed E-state index contributed by atoms with van der Waals surface area (Å²) >= 11 is 4.91. The van der Waals surface area contributed by atoms with Gasteiger partial charge in [0, 0.05) is 14.1 Å². The zero-order valence-electron chi connectivity index (χ0n) is 9.60. The van der Waals surface area contributed by atoms with E-state index in [0.717, 1.165) is 26.3 Å². The number of halogens is 1. The van der Waals surface area contributed by atoms with Crippen LogP contribution in [0.5, 0.6) is 0 Å². The highest BCUT2D eigenvalue weighted by molar-refractivity contribution is 9.10. The van der Waals surface area contributed by atoms with Crippen molar-refractivity contribution in [1.29, 1.82) is 0 Å². The van der Waals surface area contributed by atoms with Gasteiger partial charge in [0.2, 0.25) is 0 Å². The molecule has 8 heteroatoms. The molecule has 0 saturated heterocycles. The largest absolute Gasteiger partial charge is 0.372 e. The van der Waals surface area contributed by atoms with Crippen molar-refractivity contribution in [2.75, 3.05) is 12.4 Å². The van der Waals surface area contributed by atoms with E-state index in [1.54, 1.807) is 0 Å². The molecule has 6 nitrogen and oxygen atoms in total. The second-order valence-electron chi connectivity index (χ2n) is 3.28. The fourth-order valence-electron chi connectivity index (χ4n) is 1.16. The number of hydrogen-bond acceptors (Lipinski definition) is 6. The molecule has 0 fully saturated rings. The van der Waals surface area contributed by atoms with Crippen molar-refractivity contribution in [3.63, 3.8) is 0 Å². The van der Waals surface area contributed by atoms with Gasteiger partial charge >= 0.3 is 0 Å². The maximum absolute atomic E-state index is 4.22. The van der Waals surface area contributed by atoms with Crippen LogP contribution >= 0.6 is 27.7 Å². The highest BCUT2D eigenvalue weighted by Gasteiger charge is 2.13. The second-order valence-corrected chi connectivity index (χ2v) is 5.03. The monoisotopic (exact) mass is 314 g/mol. The second kappa shape index (κ2) is 5.01. The van der Waals surface area contributed by atoms with Gasteiger partial charge in [0.05, 0.1) is 4.47 Å². The van der Waals surface area contributed by atoms with Crippen LogP contribution in [0.4, 0.5) is 5.82 Å². The highest BCUT2D eigenvalue weighted by atomic mass is 79.9. The van der Waals surface area contributed by atoms with E-state index in [2.05, 4.69) is 41.4 Å². The van der Waals surface area contributed by atoms with Gasteiger partial charge in [0.1, 0.15) is 23.0 Å². The Morgan fingerprint density at radius 3 is 2.71 bits per heavy atom. The molecule has 2 aromatic rings. The van der Waals surface area contributed by atoms with Crippen molar-refractivity contribution in [3.05, 3.63) is 16.6 Å². The van der Waals surface area contributed by atoms with E-state index in [0.29, 0.717) is 0 Å². The van der Waals surface area contributed by atoms with Crippen LogP contribution in [0.25, 0.3) is 0 Å². The molecule has 0 amide bonds. The quantitative estimate of drug-likeness (QED) is 0.872. The molecular weight excluding hydrogens is 304 g/mol. The summed E-state index contributed by atoms with van der Waals surface area (Å²) in [6.07, 6.45) is 1.52. The highest BCUT2D eigenvalue weighted by Crippen LogP contribution is 2.33. The summed E-state index contributed by atoms with van der Waals surface area (Å²) in [4.78, 5) is 8.32. The van der Waals surface area contributed by atoms with Crippen LogP contribution in [0, 0.1) is 6.92 Å². The number of hydrogen-bond donors (Lipinski definition) is 1. The minimum Gasteiger partial charge on any atom is -0.372 e. The van der Waals surface area contributed by atoms with E-state index >= 15 is 0 Å². The van der Waals surface area contributed by atoms with Crippen molar-refractivity contribution in [1.82, 2.24) is 24.7 Å². The lowest BCUT2D eigenvalue weighted by molar-refractivity contribution is 0.764. The van der Waals surface area contributed by atoms with Gasteiger partial charge in [-0.2, -0.15) is 0 Å². The smallest absolute Gasteiger partial charge is 0.197 e. The number of nitrogens with one attached hydrogen (secondary N) is 1. The average molecular weight is 315 g/mol. The molecule has 0 aliphatic rings. The zero-order chi connectivity index (χ0) is 12.4.